The van der Waals surface area contributed by atoms with E-state index in [9.17, 15) is 14.5 Å². The third-order valence-corrected chi connectivity index (χ3v) is 5.11. The van der Waals surface area contributed by atoms with Gasteiger partial charge in [-0.2, -0.15) is 0 Å². The number of rotatable bonds is 4. The van der Waals surface area contributed by atoms with Crippen molar-refractivity contribution in [3.8, 4) is 21.9 Å². The molecule has 0 saturated heterocycles. The summed E-state index contributed by atoms with van der Waals surface area (Å²) in [5.74, 6) is -0.446. The fourth-order valence-electron chi connectivity index (χ4n) is 2.56. The molecule has 0 aliphatic rings. The third kappa shape index (κ3) is 3.34. The van der Waals surface area contributed by atoms with Crippen LogP contribution in [-0.2, 0) is 0 Å². The van der Waals surface area contributed by atoms with Gasteiger partial charge in [0.05, 0.1) is 21.2 Å². The zero-order chi connectivity index (χ0) is 19.0. The number of aryl methyl sites for hydroxylation is 1. The van der Waals surface area contributed by atoms with Crippen LogP contribution in [-0.4, -0.2) is 14.9 Å². The molecule has 0 unspecified atom stereocenters. The Hall–Kier alpha value is -3.39. The van der Waals surface area contributed by atoms with E-state index in [1.165, 1.54) is 23.5 Å². The van der Waals surface area contributed by atoms with Gasteiger partial charge in [0.15, 0.2) is 11.6 Å². The van der Waals surface area contributed by atoms with Crippen molar-refractivity contribution in [1.29, 1.82) is 0 Å². The fourth-order valence-corrected chi connectivity index (χ4v) is 3.61. The minimum Gasteiger partial charge on any atom is -0.453 e. The first kappa shape index (κ1) is 17.0. The Morgan fingerprint density at radius 3 is 2.67 bits per heavy atom. The summed E-state index contributed by atoms with van der Waals surface area (Å²) < 4.78 is 20.6. The lowest BCUT2D eigenvalue weighted by atomic mass is 10.2. The average Bonchev–Trinajstić information content (AvgIpc) is 3.09. The van der Waals surface area contributed by atoms with Crippen LogP contribution in [0.5, 0.6) is 11.5 Å². The van der Waals surface area contributed by atoms with E-state index in [1.807, 2.05) is 25.1 Å². The lowest BCUT2D eigenvalue weighted by molar-refractivity contribution is -0.385. The number of hydrogen-bond acceptors (Lipinski definition) is 6. The van der Waals surface area contributed by atoms with Gasteiger partial charge in [0.1, 0.15) is 5.75 Å². The minimum atomic E-state index is -0.798. The summed E-state index contributed by atoms with van der Waals surface area (Å²) in [6.07, 6.45) is 3.36. The lowest BCUT2D eigenvalue weighted by Gasteiger charge is -2.07. The molecule has 0 aliphatic carbocycles. The Morgan fingerprint density at radius 2 is 1.96 bits per heavy atom. The number of nitro benzene ring substituents is 1. The number of halogens is 1. The Morgan fingerprint density at radius 1 is 1.11 bits per heavy atom. The van der Waals surface area contributed by atoms with Crippen LogP contribution in [0, 0.1) is 22.9 Å². The van der Waals surface area contributed by atoms with Gasteiger partial charge < -0.3 is 4.74 Å². The number of ether oxygens (including phenoxy) is 1. The highest BCUT2D eigenvalue weighted by Crippen LogP contribution is 2.39. The zero-order valence-corrected chi connectivity index (χ0v) is 14.9. The van der Waals surface area contributed by atoms with E-state index in [4.69, 9.17) is 4.74 Å². The largest absolute Gasteiger partial charge is 0.453 e. The highest BCUT2D eigenvalue weighted by molar-refractivity contribution is 7.22. The second kappa shape index (κ2) is 6.73. The molecule has 4 aromatic rings. The molecule has 0 saturated carbocycles. The monoisotopic (exact) mass is 381 g/mol. The zero-order valence-electron chi connectivity index (χ0n) is 14.0. The molecule has 0 atom stereocenters. The van der Waals surface area contributed by atoms with Gasteiger partial charge in [-0.1, -0.05) is 6.07 Å². The molecule has 0 fully saturated rings. The molecular formula is C19H12FN3O3S. The van der Waals surface area contributed by atoms with E-state index >= 15 is 0 Å². The predicted octanol–water partition coefficient (Wildman–Crippen LogP) is 5.51. The van der Waals surface area contributed by atoms with E-state index in [1.54, 1.807) is 18.5 Å². The van der Waals surface area contributed by atoms with Crippen LogP contribution < -0.4 is 4.74 Å². The highest BCUT2D eigenvalue weighted by atomic mass is 32.1. The summed E-state index contributed by atoms with van der Waals surface area (Å²) in [6.45, 7) is 1.92. The van der Waals surface area contributed by atoms with Crippen LogP contribution in [0.1, 0.15) is 5.69 Å². The van der Waals surface area contributed by atoms with E-state index < -0.39 is 10.7 Å². The standard InChI is InChI=1S/C19H12FN3O3S/c1-11-2-3-12(10-22-11)18-9-15-19(27-18)17(6-7-21-15)26-16-5-4-13(23(24)25)8-14(16)20/h2-10H,1H3. The number of non-ortho nitro benzene ring substituents is 1. The molecule has 6 nitrogen and oxygen atoms in total. The maximum atomic E-state index is 14.2. The van der Waals surface area contributed by atoms with E-state index in [-0.39, 0.29) is 11.4 Å². The van der Waals surface area contributed by atoms with Gasteiger partial charge in [-0.05, 0) is 25.1 Å². The summed E-state index contributed by atoms with van der Waals surface area (Å²) in [7, 11) is 0. The molecule has 8 heteroatoms. The molecule has 0 spiro atoms. The van der Waals surface area contributed by atoms with Crippen molar-refractivity contribution in [3.05, 3.63) is 76.5 Å². The van der Waals surface area contributed by atoms with Gasteiger partial charge in [-0.25, -0.2) is 4.39 Å². The Kier molecular flexibility index (Phi) is 4.25. The summed E-state index contributed by atoms with van der Waals surface area (Å²) in [5, 5.41) is 10.7. The summed E-state index contributed by atoms with van der Waals surface area (Å²) in [4.78, 5) is 19.7. The molecule has 3 aromatic heterocycles. The van der Waals surface area contributed by atoms with E-state index in [2.05, 4.69) is 9.97 Å². The van der Waals surface area contributed by atoms with E-state index in [0.29, 0.717) is 5.75 Å². The number of aromatic nitrogens is 2. The quantitative estimate of drug-likeness (QED) is 0.344. The minimum absolute atomic E-state index is 0.0833. The molecule has 3 heterocycles. The van der Waals surface area contributed by atoms with Gasteiger partial charge in [0.25, 0.3) is 5.69 Å². The normalized spacial score (nSPS) is 10.9. The summed E-state index contributed by atoms with van der Waals surface area (Å²) in [6, 6.07) is 10.8. The van der Waals surface area contributed by atoms with Crippen LogP contribution in [0.4, 0.5) is 10.1 Å². The van der Waals surface area contributed by atoms with Crippen molar-refractivity contribution >= 4 is 27.2 Å². The second-order valence-corrected chi connectivity index (χ2v) is 6.85. The fraction of sp³-hybridized carbons (Fsp3) is 0.0526. The van der Waals surface area contributed by atoms with Gasteiger partial charge in [-0.3, -0.25) is 20.1 Å². The van der Waals surface area contributed by atoms with Crippen LogP contribution in [0.15, 0.2) is 54.9 Å². The summed E-state index contributed by atoms with van der Waals surface area (Å²) >= 11 is 1.46. The molecular weight excluding hydrogens is 369 g/mol. The van der Waals surface area contributed by atoms with Crippen molar-refractivity contribution in [1.82, 2.24) is 9.97 Å². The van der Waals surface area contributed by atoms with Crippen molar-refractivity contribution in [2.75, 3.05) is 0 Å². The van der Waals surface area contributed by atoms with E-state index in [0.717, 1.165) is 32.4 Å². The molecule has 0 bridgehead atoms. The molecule has 134 valence electrons. The topological polar surface area (TPSA) is 78.2 Å². The third-order valence-electron chi connectivity index (χ3n) is 3.92. The first-order valence-corrected chi connectivity index (χ1v) is 8.76. The van der Waals surface area contributed by atoms with Crippen LogP contribution in [0.3, 0.4) is 0 Å². The molecule has 4 rings (SSSR count). The first-order chi connectivity index (χ1) is 13.0. The average molecular weight is 381 g/mol. The van der Waals surface area contributed by atoms with Crippen LogP contribution >= 0.6 is 11.3 Å². The number of benzene rings is 1. The van der Waals surface area contributed by atoms with Gasteiger partial charge in [0, 0.05) is 40.7 Å². The SMILES string of the molecule is Cc1ccc(-c2cc3nccc(Oc4ccc([N+](=O)[O-])cc4F)c3s2)cn1. The number of nitro groups is 1. The van der Waals surface area contributed by atoms with Gasteiger partial charge in [0.2, 0.25) is 0 Å². The number of hydrogen-bond donors (Lipinski definition) is 0. The number of nitrogens with zero attached hydrogens (tertiary/aromatic N) is 3. The highest BCUT2D eigenvalue weighted by Gasteiger charge is 2.15. The summed E-state index contributed by atoms with van der Waals surface area (Å²) in [5.41, 5.74) is 2.27. The molecule has 0 aliphatic heterocycles. The van der Waals surface area contributed by atoms with Crippen molar-refractivity contribution in [2.45, 2.75) is 6.92 Å². The molecule has 0 radical (unpaired) electrons. The Balaban J connectivity index is 1.72. The smallest absolute Gasteiger partial charge is 0.272 e. The van der Waals surface area contributed by atoms with Crippen LogP contribution in [0.2, 0.25) is 0 Å². The number of fused-ring (bicyclic) bond motifs is 1. The molecule has 0 N–H and O–H groups in total. The van der Waals surface area contributed by atoms with Gasteiger partial charge >= 0.3 is 0 Å². The molecule has 27 heavy (non-hydrogen) atoms. The lowest BCUT2D eigenvalue weighted by Crippen LogP contribution is -1.92. The predicted molar refractivity (Wildman–Crippen MR) is 101 cm³/mol. The Bertz CT molecular complexity index is 1160. The van der Waals surface area contributed by atoms with Gasteiger partial charge in [-0.15, -0.1) is 11.3 Å². The first-order valence-electron chi connectivity index (χ1n) is 7.94. The molecule has 0 amide bonds. The molecule has 1 aromatic carbocycles. The van der Waals surface area contributed by atoms with Crippen molar-refractivity contribution in [2.24, 2.45) is 0 Å². The maximum Gasteiger partial charge on any atom is 0.272 e. The van der Waals surface area contributed by atoms with Crippen LogP contribution in [0.25, 0.3) is 20.7 Å². The number of thiophene rings is 1. The second-order valence-electron chi connectivity index (χ2n) is 5.80. The Labute approximate surface area is 157 Å². The maximum absolute atomic E-state index is 14.2. The number of pyridine rings is 2. The van der Waals surface area contributed by atoms with Crippen molar-refractivity contribution in [3.63, 3.8) is 0 Å². The van der Waals surface area contributed by atoms with Crippen molar-refractivity contribution < 1.29 is 14.1 Å².